The van der Waals surface area contributed by atoms with Gasteiger partial charge in [0.1, 0.15) is 18.1 Å². The van der Waals surface area contributed by atoms with E-state index in [1.165, 1.54) is 0 Å². The third-order valence-electron chi connectivity index (χ3n) is 3.84. The molecule has 0 aliphatic rings. The Bertz CT molecular complexity index is 848. The summed E-state index contributed by atoms with van der Waals surface area (Å²) in [6.07, 6.45) is 0.607. The van der Waals surface area contributed by atoms with E-state index in [-0.39, 0.29) is 12.3 Å². The third kappa shape index (κ3) is 8.10. The molecule has 0 bridgehead atoms. The van der Waals surface area contributed by atoms with E-state index in [9.17, 15) is 9.59 Å². The second-order valence-corrected chi connectivity index (χ2v) is 6.91. The normalized spacial score (nSPS) is 10.4. The lowest BCUT2D eigenvalue weighted by atomic mass is 10.2. The fourth-order valence-corrected chi connectivity index (χ4v) is 2.86. The minimum absolute atomic E-state index is 0.165. The lowest BCUT2D eigenvalue weighted by Crippen LogP contribution is -2.41. The average Bonchev–Trinajstić information content (AvgIpc) is 2.74. The van der Waals surface area contributed by atoms with Crippen molar-refractivity contribution in [3.63, 3.8) is 0 Å². The maximum atomic E-state index is 12.4. The van der Waals surface area contributed by atoms with E-state index in [4.69, 9.17) is 37.4 Å². The zero-order valence-corrected chi connectivity index (χ0v) is 18.1. The molecule has 2 amide bonds. The Kier molecular flexibility index (Phi) is 10.3. The quantitative estimate of drug-likeness (QED) is 0.395. The molecule has 0 saturated heterocycles. The molecule has 0 saturated carbocycles. The van der Waals surface area contributed by atoms with Crippen molar-refractivity contribution < 1.29 is 23.8 Å². The summed E-state index contributed by atoms with van der Waals surface area (Å²) in [5.74, 6) is 0.0939. The number of carbonyl (C=O) groups excluding carboxylic acids is 2. The number of hydrogen-bond acceptors (Lipinski definition) is 5. The standard InChI is InChI=1S/C21H24Cl2N2O5/c1-2-28-12-13-30-18-7-4-3-6-16(18)21(27)25-24-20(26)8-5-11-29-19-10-9-15(22)14-17(19)23/h3-4,6-7,9-10,14H,2,5,8,11-13H2,1H3,(H,24,26)(H,25,27). The predicted molar refractivity (Wildman–Crippen MR) is 115 cm³/mol. The van der Waals surface area contributed by atoms with Crippen LogP contribution in [0, 0.1) is 0 Å². The Labute approximate surface area is 185 Å². The van der Waals surface area contributed by atoms with Crippen molar-refractivity contribution >= 4 is 35.0 Å². The molecule has 2 aromatic rings. The Morgan fingerprint density at radius 2 is 1.70 bits per heavy atom. The third-order valence-corrected chi connectivity index (χ3v) is 4.37. The predicted octanol–water partition coefficient (Wildman–Crippen LogP) is 4.03. The highest BCUT2D eigenvalue weighted by molar-refractivity contribution is 6.35. The molecule has 0 aliphatic heterocycles. The van der Waals surface area contributed by atoms with Gasteiger partial charge >= 0.3 is 0 Å². The van der Waals surface area contributed by atoms with Crippen LogP contribution in [0.25, 0.3) is 0 Å². The van der Waals surface area contributed by atoms with Crippen molar-refractivity contribution in [1.29, 1.82) is 0 Å². The lowest BCUT2D eigenvalue weighted by molar-refractivity contribution is -0.122. The van der Waals surface area contributed by atoms with Gasteiger partial charge in [0, 0.05) is 18.1 Å². The summed E-state index contributed by atoms with van der Waals surface area (Å²) in [6, 6.07) is 11.7. The van der Waals surface area contributed by atoms with Gasteiger partial charge in [-0.3, -0.25) is 20.4 Å². The monoisotopic (exact) mass is 454 g/mol. The van der Waals surface area contributed by atoms with E-state index in [0.717, 1.165) is 0 Å². The number of para-hydroxylation sites is 1. The molecule has 0 spiro atoms. The number of hydrazine groups is 1. The fourth-order valence-electron chi connectivity index (χ4n) is 2.40. The first-order valence-electron chi connectivity index (χ1n) is 9.48. The first kappa shape index (κ1) is 23.8. The van der Waals surface area contributed by atoms with Crippen LogP contribution in [0.3, 0.4) is 0 Å². The molecule has 0 aliphatic carbocycles. The number of ether oxygens (including phenoxy) is 3. The first-order chi connectivity index (χ1) is 14.5. The Morgan fingerprint density at radius 3 is 2.47 bits per heavy atom. The largest absolute Gasteiger partial charge is 0.492 e. The fraction of sp³-hybridized carbons (Fsp3) is 0.333. The van der Waals surface area contributed by atoms with Crippen LogP contribution in [-0.2, 0) is 9.53 Å². The molecular weight excluding hydrogens is 431 g/mol. The molecule has 2 rings (SSSR count). The number of benzene rings is 2. The molecule has 9 heteroatoms. The van der Waals surface area contributed by atoms with E-state index in [0.29, 0.717) is 60.0 Å². The molecule has 2 aromatic carbocycles. The van der Waals surface area contributed by atoms with Crippen molar-refractivity contribution in [1.82, 2.24) is 10.9 Å². The van der Waals surface area contributed by atoms with Gasteiger partial charge in [0.15, 0.2) is 0 Å². The smallest absolute Gasteiger partial charge is 0.273 e. The van der Waals surface area contributed by atoms with E-state index in [1.807, 2.05) is 6.92 Å². The Morgan fingerprint density at radius 1 is 0.933 bits per heavy atom. The first-order valence-corrected chi connectivity index (χ1v) is 10.2. The van der Waals surface area contributed by atoms with E-state index >= 15 is 0 Å². The molecule has 0 unspecified atom stereocenters. The highest BCUT2D eigenvalue weighted by Gasteiger charge is 2.13. The molecule has 30 heavy (non-hydrogen) atoms. The molecule has 162 valence electrons. The summed E-state index contributed by atoms with van der Waals surface area (Å²) in [5, 5.41) is 0.921. The van der Waals surface area contributed by atoms with Crippen LogP contribution in [0.2, 0.25) is 10.0 Å². The van der Waals surface area contributed by atoms with Gasteiger partial charge < -0.3 is 14.2 Å². The van der Waals surface area contributed by atoms with Crippen LogP contribution < -0.4 is 20.3 Å². The van der Waals surface area contributed by atoms with Gasteiger partial charge in [-0.2, -0.15) is 0 Å². The summed E-state index contributed by atoms with van der Waals surface area (Å²) in [4.78, 5) is 24.3. The van der Waals surface area contributed by atoms with Crippen molar-refractivity contribution in [2.75, 3.05) is 26.4 Å². The zero-order chi connectivity index (χ0) is 21.8. The van der Waals surface area contributed by atoms with Gasteiger partial charge in [-0.15, -0.1) is 0 Å². The number of nitrogens with one attached hydrogen (secondary N) is 2. The van der Waals surface area contributed by atoms with Crippen molar-refractivity contribution in [3.8, 4) is 11.5 Å². The van der Waals surface area contributed by atoms with Crippen LogP contribution in [0.5, 0.6) is 11.5 Å². The van der Waals surface area contributed by atoms with Crippen LogP contribution in [-0.4, -0.2) is 38.2 Å². The molecule has 0 radical (unpaired) electrons. The SMILES string of the molecule is CCOCCOc1ccccc1C(=O)NNC(=O)CCCOc1ccc(Cl)cc1Cl. The van der Waals surface area contributed by atoms with Crippen molar-refractivity contribution in [2.24, 2.45) is 0 Å². The summed E-state index contributed by atoms with van der Waals surface area (Å²) in [6.45, 7) is 3.52. The lowest BCUT2D eigenvalue weighted by Gasteiger charge is -2.12. The second kappa shape index (κ2) is 13.0. The van der Waals surface area contributed by atoms with Crippen LogP contribution in [0.4, 0.5) is 0 Å². The number of hydrogen-bond donors (Lipinski definition) is 2. The zero-order valence-electron chi connectivity index (χ0n) is 16.6. The van der Waals surface area contributed by atoms with E-state index in [1.54, 1.807) is 42.5 Å². The molecule has 0 aromatic heterocycles. The van der Waals surface area contributed by atoms with Gasteiger partial charge in [0.25, 0.3) is 5.91 Å². The highest BCUT2D eigenvalue weighted by atomic mass is 35.5. The van der Waals surface area contributed by atoms with E-state index < -0.39 is 5.91 Å². The van der Waals surface area contributed by atoms with Crippen LogP contribution in [0.1, 0.15) is 30.1 Å². The number of rotatable bonds is 11. The maximum Gasteiger partial charge on any atom is 0.273 e. The second-order valence-electron chi connectivity index (χ2n) is 6.07. The summed E-state index contributed by atoms with van der Waals surface area (Å²) >= 11 is 11.9. The summed E-state index contributed by atoms with van der Waals surface area (Å²) < 4.78 is 16.3. The molecule has 7 nitrogen and oxygen atoms in total. The Hall–Kier alpha value is -2.48. The van der Waals surface area contributed by atoms with Gasteiger partial charge in [0.2, 0.25) is 5.91 Å². The van der Waals surface area contributed by atoms with Crippen LogP contribution >= 0.6 is 23.2 Å². The van der Waals surface area contributed by atoms with Crippen molar-refractivity contribution in [3.05, 3.63) is 58.1 Å². The highest BCUT2D eigenvalue weighted by Crippen LogP contribution is 2.27. The molecule has 0 heterocycles. The van der Waals surface area contributed by atoms with Crippen LogP contribution in [0.15, 0.2) is 42.5 Å². The number of amides is 2. The topological polar surface area (TPSA) is 85.9 Å². The molecule has 0 atom stereocenters. The Balaban J connectivity index is 1.72. The molecule has 0 fully saturated rings. The minimum atomic E-state index is -0.473. The summed E-state index contributed by atoms with van der Waals surface area (Å²) in [7, 11) is 0. The van der Waals surface area contributed by atoms with E-state index in [2.05, 4.69) is 10.9 Å². The van der Waals surface area contributed by atoms with Crippen molar-refractivity contribution in [2.45, 2.75) is 19.8 Å². The average molecular weight is 455 g/mol. The number of halogens is 2. The maximum absolute atomic E-state index is 12.4. The number of carbonyl (C=O) groups is 2. The van der Waals surface area contributed by atoms with Gasteiger partial charge in [-0.05, 0) is 43.7 Å². The summed E-state index contributed by atoms with van der Waals surface area (Å²) in [5.41, 5.74) is 5.09. The molecular formula is C21H24Cl2N2O5. The van der Waals surface area contributed by atoms with Gasteiger partial charge in [-0.25, -0.2) is 0 Å². The minimum Gasteiger partial charge on any atom is -0.492 e. The van der Waals surface area contributed by atoms with Gasteiger partial charge in [0.05, 0.1) is 23.8 Å². The molecule has 2 N–H and O–H groups in total. The van der Waals surface area contributed by atoms with Gasteiger partial charge in [-0.1, -0.05) is 35.3 Å².